The molecule has 0 radical (unpaired) electrons. The van der Waals surface area contributed by atoms with Crippen LogP contribution < -0.4 is 30.5 Å². The average Bonchev–Trinajstić information content (AvgIpc) is 3.05. The largest absolute Gasteiger partial charge is 0.495 e. The van der Waals surface area contributed by atoms with Gasteiger partial charge in [-0.25, -0.2) is 4.79 Å². The van der Waals surface area contributed by atoms with Gasteiger partial charge in [0.05, 0.1) is 30.0 Å². The molecule has 3 N–H and O–H groups in total. The maximum Gasteiger partial charge on any atom is 0.323 e. The van der Waals surface area contributed by atoms with Crippen molar-refractivity contribution in [1.82, 2.24) is 5.32 Å². The number of benzene rings is 4. The third kappa shape index (κ3) is 7.43. The molecule has 1 aliphatic rings. The fraction of sp³-hybridized carbons (Fsp3) is 0.206. The molecule has 5 rings (SSSR count). The Hall–Kier alpha value is -5.49. The summed E-state index contributed by atoms with van der Waals surface area (Å²) >= 11 is 0. The molecule has 0 aliphatic carbocycles. The topological polar surface area (TPSA) is 110 Å². The summed E-state index contributed by atoms with van der Waals surface area (Å²) in [7, 11) is 1.68. The second kappa shape index (κ2) is 13.9. The molecule has 4 aromatic carbocycles. The van der Waals surface area contributed by atoms with Crippen LogP contribution in [0.4, 0.5) is 27.5 Å². The fourth-order valence-electron chi connectivity index (χ4n) is 5.17. The van der Waals surface area contributed by atoms with Crippen molar-refractivity contribution in [2.24, 2.45) is 0 Å². The predicted octanol–water partition coefficient (Wildman–Crippen LogP) is 5.51. The number of methoxy groups -OCH3 is 1. The molecule has 43 heavy (non-hydrogen) atoms. The van der Waals surface area contributed by atoms with Gasteiger partial charge in [-0.15, -0.1) is 0 Å². The number of nitrogens with one attached hydrogen (secondary N) is 3. The van der Waals surface area contributed by atoms with Gasteiger partial charge in [0.15, 0.2) is 0 Å². The molecule has 0 spiro atoms. The number of urea groups is 1. The molecule has 9 heteroatoms. The lowest BCUT2D eigenvalue weighted by Gasteiger charge is -2.38. The number of hydrogen-bond acceptors (Lipinski definition) is 6. The molecule has 218 valence electrons. The van der Waals surface area contributed by atoms with Gasteiger partial charge in [-0.2, -0.15) is 5.26 Å². The molecule has 0 unspecified atom stereocenters. The predicted molar refractivity (Wildman–Crippen MR) is 170 cm³/mol. The van der Waals surface area contributed by atoms with Crippen molar-refractivity contribution in [2.45, 2.75) is 6.42 Å². The standard InChI is InChI=1S/C34H34N6O3/c1-43-32-13-6-5-12-31(32)40-20-18-39(19-21-40)30-15-14-28(38-34(42)37-27-11-7-10-26(22-27)24-35)23-29(30)33(41)36-17-16-25-8-3-2-4-9-25/h2-15,22-23H,16-21H2,1H3,(H,36,41)(H2,37,38,42). The first-order chi connectivity index (χ1) is 21.0. The summed E-state index contributed by atoms with van der Waals surface area (Å²) in [5, 5.41) is 17.8. The first-order valence-electron chi connectivity index (χ1n) is 14.2. The molecular weight excluding hydrogens is 540 g/mol. The molecule has 3 amide bonds. The summed E-state index contributed by atoms with van der Waals surface area (Å²) in [5.41, 5.74) is 4.92. The number of para-hydroxylation sites is 2. The van der Waals surface area contributed by atoms with E-state index in [0.717, 1.165) is 35.8 Å². The van der Waals surface area contributed by atoms with Crippen LogP contribution in [0.15, 0.2) is 97.1 Å². The van der Waals surface area contributed by atoms with Crippen LogP contribution in [0.25, 0.3) is 0 Å². The molecule has 4 aromatic rings. The molecular formula is C34H34N6O3. The lowest BCUT2D eigenvalue weighted by molar-refractivity contribution is 0.0954. The molecule has 0 saturated carbocycles. The van der Waals surface area contributed by atoms with E-state index in [1.54, 1.807) is 43.5 Å². The van der Waals surface area contributed by atoms with Crippen LogP contribution in [0, 0.1) is 11.3 Å². The maximum absolute atomic E-state index is 13.5. The third-order valence-electron chi connectivity index (χ3n) is 7.34. The first-order valence-corrected chi connectivity index (χ1v) is 14.2. The molecule has 9 nitrogen and oxygen atoms in total. The van der Waals surface area contributed by atoms with E-state index in [-0.39, 0.29) is 5.91 Å². The molecule has 1 heterocycles. The molecule has 1 saturated heterocycles. The zero-order valence-corrected chi connectivity index (χ0v) is 24.0. The van der Waals surface area contributed by atoms with Crippen molar-refractivity contribution < 1.29 is 14.3 Å². The van der Waals surface area contributed by atoms with E-state index in [4.69, 9.17) is 10.00 Å². The second-order valence-electron chi connectivity index (χ2n) is 10.1. The normalized spacial score (nSPS) is 12.7. The van der Waals surface area contributed by atoms with Gasteiger partial charge in [-0.05, 0) is 60.5 Å². The highest BCUT2D eigenvalue weighted by atomic mass is 16.5. The minimum Gasteiger partial charge on any atom is -0.495 e. The molecule has 0 aromatic heterocycles. The maximum atomic E-state index is 13.5. The number of anilines is 4. The highest BCUT2D eigenvalue weighted by Gasteiger charge is 2.24. The Morgan fingerprint density at radius 1 is 0.791 bits per heavy atom. The number of piperazine rings is 1. The summed E-state index contributed by atoms with van der Waals surface area (Å²) < 4.78 is 5.56. The minimum atomic E-state index is -0.469. The van der Waals surface area contributed by atoms with Crippen LogP contribution in [-0.4, -0.2) is 51.8 Å². The van der Waals surface area contributed by atoms with Gasteiger partial charge in [0.1, 0.15) is 5.75 Å². The van der Waals surface area contributed by atoms with Crippen molar-refractivity contribution in [2.75, 3.05) is 60.3 Å². The third-order valence-corrected chi connectivity index (χ3v) is 7.34. The SMILES string of the molecule is COc1ccccc1N1CCN(c2ccc(NC(=O)Nc3cccc(C#N)c3)cc2C(=O)NCCc2ccccc2)CC1. The number of carbonyl (C=O) groups excluding carboxylic acids is 2. The van der Waals surface area contributed by atoms with Crippen molar-refractivity contribution in [3.63, 3.8) is 0 Å². The molecule has 0 atom stereocenters. The summed E-state index contributed by atoms with van der Waals surface area (Å²) in [4.78, 5) is 30.8. The van der Waals surface area contributed by atoms with Crippen LogP contribution in [0.2, 0.25) is 0 Å². The van der Waals surface area contributed by atoms with Crippen molar-refractivity contribution in [1.29, 1.82) is 5.26 Å². The Morgan fingerprint density at radius 2 is 1.47 bits per heavy atom. The van der Waals surface area contributed by atoms with Gasteiger partial charge >= 0.3 is 6.03 Å². The van der Waals surface area contributed by atoms with Crippen LogP contribution >= 0.6 is 0 Å². The van der Waals surface area contributed by atoms with Crippen LogP contribution in [0.5, 0.6) is 5.75 Å². The van der Waals surface area contributed by atoms with E-state index in [1.165, 1.54) is 0 Å². The lowest BCUT2D eigenvalue weighted by Crippen LogP contribution is -2.47. The van der Waals surface area contributed by atoms with Crippen LogP contribution in [0.1, 0.15) is 21.5 Å². The second-order valence-corrected chi connectivity index (χ2v) is 10.1. The monoisotopic (exact) mass is 574 g/mol. The van der Waals surface area contributed by atoms with Gasteiger partial charge in [0.2, 0.25) is 0 Å². The Labute approximate surface area is 251 Å². The Morgan fingerprint density at radius 3 is 2.19 bits per heavy atom. The van der Waals surface area contributed by atoms with Crippen LogP contribution in [0.3, 0.4) is 0 Å². The number of hydrogen-bond donors (Lipinski definition) is 3. The number of amides is 3. The molecule has 1 fully saturated rings. The van der Waals surface area contributed by atoms with E-state index in [0.29, 0.717) is 48.6 Å². The summed E-state index contributed by atoms with van der Waals surface area (Å²) in [5.74, 6) is 0.631. The van der Waals surface area contributed by atoms with E-state index in [1.807, 2.05) is 54.6 Å². The number of ether oxygens (including phenoxy) is 1. The smallest absolute Gasteiger partial charge is 0.323 e. The number of rotatable bonds is 9. The zero-order valence-electron chi connectivity index (χ0n) is 24.0. The summed E-state index contributed by atoms with van der Waals surface area (Å²) in [6.45, 7) is 3.44. The Bertz CT molecular complexity index is 1610. The number of nitriles is 1. The van der Waals surface area contributed by atoms with Crippen molar-refractivity contribution >= 4 is 34.7 Å². The van der Waals surface area contributed by atoms with Crippen molar-refractivity contribution in [3.8, 4) is 11.8 Å². The van der Waals surface area contributed by atoms with Crippen LogP contribution in [-0.2, 0) is 6.42 Å². The summed E-state index contributed by atoms with van der Waals surface area (Å²) in [6, 6.07) is 31.7. The average molecular weight is 575 g/mol. The minimum absolute atomic E-state index is 0.205. The van der Waals surface area contributed by atoms with E-state index in [9.17, 15) is 9.59 Å². The van der Waals surface area contributed by atoms with E-state index in [2.05, 4.69) is 37.9 Å². The van der Waals surface area contributed by atoms with Gasteiger partial charge in [-0.3, -0.25) is 4.79 Å². The Balaban J connectivity index is 1.32. The highest BCUT2D eigenvalue weighted by molar-refractivity contribution is 6.04. The fourth-order valence-corrected chi connectivity index (χ4v) is 5.17. The first kappa shape index (κ1) is 29.0. The molecule has 0 bridgehead atoms. The van der Waals surface area contributed by atoms with Gasteiger partial charge in [0, 0.05) is 49.8 Å². The number of nitrogens with zero attached hydrogens (tertiary/aromatic N) is 3. The van der Waals surface area contributed by atoms with Gasteiger partial charge in [-0.1, -0.05) is 48.5 Å². The lowest BCUT2D eigenvalue weighted by atomic mass is 10.1. The van der Waals surface area contributed by atoms with Gasteiger partial charge in [0.25, 0.3) is 5.91 Å². The molecule has 1 aliphatic heterocycles. The quantitative estimate of drug-likeness (QED) is 0.243. The number of carbonyl (C=O) groups is 2. The van der Waals surface area contributed by atoms with E-state index >= 15 is 0 Å². The highest BCUT2D eigenvalue weighted by Crippen LogP contribution is 2.31. The van der Waals surface area contributed by atoms with Crippen molar-refractivity contribution in [3.05, 3.63) is 114 Å². The van der Waals surface area contributed by atoms with E-state index < -0.39 is 6.03 Å². The summed E-state index contributed by atoms with van der Waals surface area (Å²) in [6.07, 6.45) is 0.710. The van der Waals surface area contributed by atoms with Gasteiger partial charge < -0.3 is 30.5 Å². The zero-order chi connectivity index (χ0) is 30.0. The Kier molecular flexibility index (Phi) is 9.39.